The fourth-order valence-corrected chi connectivity index (χ4v) is 2.77. The van der Waals surface area contributed by atoms with E-state index < -0.39 is 0 Å². The third kappa shape index (κ3) is 3.26. The average molecular weight is 235 g/mol. The van der Waals surface area contributed by atoms with Crippen LogP contribution < -0.4 is 0 Å². The standard InChI is InChI=1S/C14H21NS/c16-12-14(13-7-3-1-4-8-13)11-15-9-5-2-6-10-15/h1,3-4,7-8,14,16H,2,5-6,9-12H2. The second-order valence-corrected chi connectivity index (χ2v) is 5.02. The topological polar surface area (TPSA) is 3.24 Å². The van der Waals surface area contributed by atoms with Gasteiger partial charge in [0.25, 0.3) is 0 Å². The maximum Gasteiger partial charge on any atom is 0.00581 e. The van der Waals surface area contributed by atoms with Gasteiger partial charge in [-0.2, -0.15) is 12.6 Å². The van der Waals surface area contributed by atoms with Gasteiger partial charge in [-0.05, 0) is 37.2 Å². The molecule has 2 heteroatoms. The van der Waals surface area contributed by atoms with E-state index in [1.165, 1.54) is 44.5 Å². The maximum atomic E-state index is 4.50. The van der Waals surface area contributed by atoms with Crippen molar-refractivity contribution < 1.29 is 0 Å². The van der Waals surface area contributed by atoms with E-state index in [2.05, 4.69) is 47.9 Å². The summed E-state index contributed by atoms with van der Waals surface area (Å²) >= 11 is 4.50. The minimum Gasteiger partial charge on any atom is -0.303 e. The van der Waals surface area contributed by atoms with Crippen molar-refractivity contribution in [3.8, 4) is 0 Å². The largest absolute Gasteiger partial charge is 0.303 e. The number of nitrogens with zero attached hydrogens (tertiary/aromatic N) is 1. The molecule has 0 radical (unpaired) electrons. The van der Waals surface area contributed by atoms with E-state index in [1.54, 1.807) is 0 Å². The van der Waals surface area contributed by atoms with E-state index in [-0.39, 0.29) is 0 Å². The van der Waals surface area contributed by atoms with Crippen molar-refractivity contribution in [2.24, 2.45) is 0 Å². The molecule has 0 aliphatic carbocycles. The predicted molar refractivity (Wildman–Crippen MR) is 73.3 cm³/mol. The Labute approximate surface area is 104 Å². The first-order valence-corrected chi connectivity index (χ1v) is 6.91. The predicted octanol–water partition coefficient (Wildman–Crippen LogP) is 3.19. The molecule has 2 rings (SSSR count). The van der Waals surface area contributed by atoms with Crippen molar-refractivity contribution in [1.82, 2.24) is 4.90 Å². The quantitative estimate of drug-likeness (QED) is 0.785. The van der Waals surface area contributed by atoms with Crippen LogP contribution in [0.15, 0.2) is 30.3 Å². The molecule has 1 aliphatic rings. The second-order valence-electron chi connectivity index (χ2n) is 4.65. The molecule has 0 bridgehead atoms. The molecule has 1 aliphatic heterocycles. The van der Waals surface area contributed by atoms with E-state index in [0.29, 0.717) is 5.92 Å². The number of likely N-dealkylation sites (tertiary alicyclic amines) is 1. The fraction of sp³-hybridized carbons (Fsp3) is 0.571. The summed E-state index contributed by atoms with van der Waals surface area (Å²) in [6, 6.07) is 10.8. The molecule has 1 aromatic rings. The van der Waals surface area contributed by atoms with Crippen LogP contribution in [0.5, 0.6) is 0 Å². The first-order chi connectivity index (χ1) is 7.90. The normalized spacial score (nSPS) is 19.6. The Morgan fingerprint density at radius 1 is 1.06 bits per heavy atom. The minimum absolute atomic E-state index is 0.586. The highest BCUT2D eigenvalue weighted by Gasteiger charge is 2.16. The molecule has 1 unspecified atom stereocenters. The average Bonchev–Trinajstić information content (AvgIpc) is 2.38. The van der Waals surface area contributed by atoms with Crippen LogP contribution in [-0.2, 0) is 0 Å². The molecule has 1 saturated heterocycles. The molecule has 0 amide bonds. The molecule has 1 fully saturated rings. The van der Waals surface area contributed by atoms with Crippen molar-refractivity contribution in [2.75, 3.05) is 25.4 Å². The molecule has 0 N–H and O–H groups in total. The monoisotopic (exact) mass is 235 g/mol. The van der Waals surface area contributed by atoms with Crippen molar-refractivity contribution in [1.29, 1.82) is 0 Å². The number of rotatable bonds is 4. The van der Waals surface area contributed by atoms with Gasteiger partial charge in [-0.1, -0.05) is 36.8 Å². The number of hydrogen-bond donors (Lipinski definition) is 1. The van der Waals surface area contributed by atoms with Crippen molar-refractivity contribution >= 4 is 12.6 Å². The molecule has 1 heterocycles. The molecule has 1 aromatic carbocycles. The molecule has 0 aromatic heterocycles. The lowest BCUT2D eigenvalue weighted by molar-refractivity contribution is 0.220. The summed E-state index contributed by atoms with van der Waals surface area (Å²) in [6.45, 7) is 3.72. The summed E-state index contributed by atoms with van der Waals surface area (Å²) in [4.78, 5) is 2.59. The molecule has 1 atom stereocenters. The Morgan fingerprint density at radius 2 is 1.75 bits per heavy atom. The Kier molecular flexibility index (Phi) is 4.73. The Bertz CT molecular complexity index is 293. The molecule has 16 heavy (non-hydrogen) atoms. The van der Waals surface area contributed by atoms with E-state index in [1.807, 2.05) is 0 Å². The summed E-state index contributed by atoms with van der Waals surface area (Å²) in [5.41, 5.74) is 1.43. The lowest BCUT2D eigenvalue weighted by Gasteiger charge is -2.30. The lowest BCUT2D eigenvalue weighted by Crippen LogP contribution is -2.34. The molecular formula is C14H21NS. The molecule has 0 saturated carbocycles. The summed E-state index contributed by atoms with van der Waals surface area (Å²) in [5, 5.41) is 0. The SMILES string of the molecule is SCC(CN1CCCCC1)c1ccccc1. The van der Waals surface area contributed by atoms with Gasteiger partial charge in [0.2, 0.25) is 0 Å². The van der Waals surface area contributed by atoms with Crippen LogP contribution in [0.1, 0.15) is 30.7 Å². The first kappa shape index (κ1) is 12.0. The van der Waals surface area contributed by atoms with Crippen LogP contribution in [0, 0.1) is 0 Å². The molecular weight excluding hydrogens is 214 g/mol. The summed E-state index contributed by atoms with van der Waals surface area (Å²) in [6.07, 6.45) is 4.15. The zero-order chi connectivity index (χ0) is 11.2. The first-order valence-electron chi connectivity index (χ1n) is 6.28. The van der Waals surface area contributed by atoms with Gasteiger partial charge in [-0.3, -0.25) is 0 Å². The van der Waals surface area contributed by atoms with Crippen molar-refractivity contribution in [3.63, 3.8) is 0 Å². The highest BCUT2D eigenvalue weighted by Crippen LogP contribution is 2.20. The lowest BCUT2D eigenvalue weighted by atomic mass is 9.99. The highest BCUT2D eigenvalue weighted by molar-refractivity contribution is 7.80. The van der Waals surface area contributed by atoms with Gasteiger partial charge < -0.3 is 4.90 Å². The smallest absolute Gasteiger partial charge is 0.00581 e. The van der Waals surface area contributed by atoms with E-state index in [9.17, 15) is 0 Å². The Hall–Kier alpha value is -0.470. The second kappa shape index (κ2) is 6.31. The number of thiol groups is 1. The Morgan fingerprint density at radius 3 is 2.38 bits per heavy atom. The van der Waals surface area contributed by atoms with Gasteiger partial charge in [0.05, 0.1) is 0 Å². The van der Waals surface area contributed by atoms with Crippen LogP contribution in [0.3, 0.4) is 0 Å². The van der Waals surface area contributed by atoms with E-state index in [0.717, 1.165) is 5.75 Å². The minimum atomic E-state index is 0.586. The zero-order valence-electron chi connectivity index (χ0n) is 9.81. The third-order valence-corrected chi connectivity index (χ3v) is 3.86. The zero-order valence-corrected chi connectivity index (χ0v) is 10.7. The van der Waals surface area contributed by atoms with Crippen LogP contribution >= 0.6 is 12.6 Å². The summed E-state index contributed by atoms with van der Waals surface area (Å²) in [5.74, 6) is 1.53. The van der Waals surface area contributed by atoms with Gasteiger partial charge >= 0.3 is 0 Å². The number of benzene rings is 1. The summed E-state index contributed by atoms with van der Waals surface area (Å²) < 4.78 is 0. The fourth-order valence-electron chi connectivity index (χ4n) is 2.45. The maximum absolute atomic E-state index is 4.50. The number of piperidine rings is 1. The van der Waals surface area contributed by atoms with Gasteiger partial charge in [-0.15, -0.1) is 0 Å². The molecule has 1 nitrogen and oxygen atoms in total. The van der Waals surface area contributed by atoms with Gasteiger partial charge in [0.15, 0.2) is 0 Å². The van der Waals surface area contributed by atoms with Gasteiger partial charge in [0.1, 0.15) is 0 Å². The molecule has 88 valence electrons. The van der Waals surface area contributed by atoms with Crippen LogP contribution in [-0.4, -0.2) is 30.3 Å². The molecule has 0 spiro atoms. The third-order valence-electron chi connectivity index (χ3n) is 3.42. The Balaban J connectivity index is 1.94. The van der Waals surface area contributed by atoms with Crippen molar-refractivity contribution in [2.45, 2.75) is 25.2 Å². The van der Waals surface area contributed by atoms with E-state index in [4.69, 9.17) is 0 Å². The highest BCUT2D eigenvalue weighted by atomic mass is 32.1. The van der Waals surface area contributed by atoms with Crippen LogP contribution in [0.25, 0.3) is 0 Å². The number of hydrogen-bond acceptors (Lipinski definition) is 2. The summed E-state index contributed by atoms with van der Waals surface area (Å²) in [7, 11) is 0. The van der Waals surface area contributed by atoms with Crippen molar-refractivity contribution in [3.05, 3.63) is 35.9 Å². The van der Waals surface area contributed by atoms with Gasteiger partial charge in [0, 0.05) is 12.5 Å². The van der Waals surface area contributed by atoms with Crippen LogP contribution in [0.4, 0.5) is 0 Å². The van der Waals surface area contributed by atoms with Crippen LogP contribution in [0.2, 0.25) is 0 Å². The van der Waals surface area contributed by atoms with E-state index >= 15 is 0 Å². The van der Waals surface area contributed by atoms with Gasteiger partial charge in [-0.25, -0.2) is 0 Å².